The number of carbonyl (C=O) groups is 1. The number of nitrogens with zero attached hydrogens (tertiary/aromatic N) is 4. The first-order valence-electron chi connectivity index (χ1n) is 7.52. The molecule has 0 fully saturated rings. The van der Waals surface area contributed by atoms with Gasteiger partial charge >= 0.3 is 0 Å². The fraction of sp³-hybridized carbons (Fsp3) is 0.250. The molecule has 9 heteroatoms. The first kappa shape index (κ1) is 17.7. The monoisotopic (exact) mass is 377 g/mol. The zero-order valence-corrected chi connectivity index (χ0v) is 15.0. The Morgan fingerprint density at radius 3 is 2.88 bits per heavy atom. The van der Waals surface area contributed by atoms with Gasteiger partial charge in [-0.3, -0.25) is 4.79 Å². The summed E-state index contributed by atoms with van der Waals surface area (Å²) < 4.78 is 6.62. The van der Waals surface area contributed by atoms with Crippen molar-refractivity contribution in [3.8, 4) is 5.69 Å². The molecule has 0 aliphatic rings. The van der Waals surface area contributed by atoms with Crippen LogP contribution in [0.2, 0.25) is 5.02 Å². The van der Waals surface area contributed by atoms with E-state index < -0.39 is 0 Å². The van der Waals surface area contributed by atoms with Crippen molar-refractivity contribution in [2.75, 3.05) is 26.0 Å². The summed E-state index contributed by atoms with van der Waals surface area (Å²) in [4.78, 5) is 20.4. The number of halogens is 1. The van der Waals surface area contributed by atoms with E-state index in [-0.39, 0.29) is 11.7 Å². The summed E-state index contributed by atoms with van der Waals surface area (Å²) >= 11 is 7.28. The van der Waals surface area contributed by atoms with Gasteiger partial charge in [0.1, 0.15) is 11.4 Å². The molecule has 1 N–H and O–H groups in total. The van der Waals surface area contributed by atoms with Gasteiger partial charge in [-0.15, -0.1) is 0 Å². The van der Waals surface area contributed by atoms with Gasteiger partial charge in [0.25, 0.3) is 0 Å². The molecule has 0 spiro atoms. The van der Waals surface area contributed by atoms with Gasteiger partial charge in [-0.1, -0.05) is 23.4 Å². The lowest BCUT2D eigenvalue weighted by atomic mass is 10.3. The van der Waals surface area contributed by atoms with E-state index in [1.165, 1.54) is 18.1 Å². The molecule has 2 aromatic heterocycles. The third-order valence-corrected chi connectivity index (χ3v) is 4.63. The number of amides is 1. The number of carbonyl (C=O) groups excluding carboxylic acids is 1. The average Bonchev–Trinajstić information content (AvgIpc) is 3.05. The Bertz CT molecular complexity index is 869. The normalized spacial score (nSPS) is 11.0. The molecule has 1 amide bonds. The van der Waals surface area contributed by atoms with Crippen LogP contribution in [0.4, 0.5) is 0 Å². The summed E-state index contributed by atoms with van der Waals surface area (Å²) in [6.45, 7) is 0.978. The number of benzene rings is 1. The van der Waals surface area contributed by atoms with Crippen LogP contribution in [0.15, 0.2) is 41.8 Å². The topological polar surface area (TPSA) is 81.9 Å². The van der Waals surface area contributed by atoms with E-state index >= 15 is 0 Å². The van der Waals surface area contributed by atoms with Crippen molar-refractivity contribution in [3.63, 3.8) is 0 Å². The number of aromatic nitrogens is 4. The molecular formula is C16H16ClN5O2S. The van der Waals surface area contributed by atoms with Crippen molar-refractivity contribution in [2.45, 2.75) is 5.03 Å². The van der Waals surface area contributed by atoms with Crippen LogP contribution in [-0.2, 0) is 9.53 Å². The molecule has 3 rings (SSSR count). The van der Waals surface area contributed by atoms with E-state index in [9.17, 15) is 4.79 Å². The van der Waals surface area contributed by atoms with Crippen LogP contribution in [0.1, 0.15) is 0 Å². The lowest BCUT2D eigenvalue weighted by molar-refractivity contribution is -0.118. The minimum atomic E-state index is -0.0705. The second-order valence-corrected chi connectivity index (χ2v) is 6.48. The maximum atomic E-state index is 11.8. The quantitative estimate of drug-likeness (QED) is 0.386. The zero-order valence-electron chi connectivity index (χ0n) is 13.5. The van der Waals surface area contributed by atoms with Crippen molar-refractivity contribution >= 4 is 40.3 Å². The lowest BCUT2D eigenvalue weighted by Gasteiger charge is -2.05. The van der Waals surface area contributed by atoms with Crippen LogP contribution in [0, 0.1) is 0 Å². The van der Waals surface area contributed by atoms with Gasteiger partial charge in [0.2, 0.25) is 5.91 Å². The Morgan fingerprint density at radius 2 is 2.12 bits per heavy atom. The van der Waals surface area contributed by atoms with Crippen LogP contribution in [0.5, 0.6) is 0 Å². The Balaban J connectivity index is 1.77. The highest BCUT2D eigenvalue weighted by Crippen LogP contribution is 2.26. The van der Waals surface area contributed by atoms with Gasteiger partial charge in [0.05, 0.1) is 29.6 Å². The maximum Gasteiger partial charge on any atom is 0.230 e. The number of thioether (sulfide) groups is 1. The third-order valence-electron chi connectivity index (χ3n) is 3.37. The molecule has 0 unspecified atom stereocenters. The number of rotatable bonds is 7. The molecule has 0 radical (unpaired) electrons. The summed E-state index contributed by atoms with van der Waals surface area (Å²) in [6, 6.07) is 7.33. The minimum absolute atomic E-state index is 0.0705. The van der Waals surface area contributed by atoms with Crippen molar-refractivity contribution in [1.29, 1.82) is 0 Å². The predicted molar refractivity (Wildman–Crippen MR) is 97.3 cm³/mol. The molecule has 3 aromatic rings. The predicted octanol–water partition coefficient (Wildman–Crippen LogP) is 2.32. The summed E-state index contributed by atoms with van der Waals surface area (Å²) in [5.41, 5.74) is 1.53. The van der Waals surface area contributed by atoms with E-state index in [1.807, 2.05) is 12.1 Å². The lowest BCUT2D eigenvalue weighted by Crippen LogP contribution is -2.28. The fourth-order valence-electron chi connectivity index (χ4n) is 2.19. The van der Waals surface area contributed by atoms with Gasteiger partial charge in [0, 0.05) is 18.7 Å². The van der Waals surface area contributed by atoms with Crippen LogP contribution >= 0.6 is 23.4 Å². The third kappa shape index (κ3) is 4.28. The number of ether oxygens (including phenoxy) is 1. The van der Waals surface area contributed by atoms with Crippen molar-refractivity contribution in [2.24, 2.45) is 0 Å². The van der Waals surface area contributed by atoms with Gasteiger partial charge < -0.3 is 10.1 Å². The molecule has 0 bridgehead atoms. The van der Waals surface area contributed by atoms with Crippen LogP contribution in [-0.4, -0.2) is 51.7 Å². The first-order valence-corrected chi connectivity index (χ1v) is 8.88. The molecule has 0 saturated heterocycles. The summed E-state index contributed by atoms with van der Waals surface area (Å²) in [5, 5.41) is 9.33. The molecule has 0 saturated carbocycles. The number of hydrogen-bond acceptors (Lipinski definition) is 6. The van der Waals surface area contributed by atoms with Crippen molar-refractivity contribution < 1.29 is 9.53 Å². The van der Waals surface area contributed by atoms with E-state index in [0.29, 0.717) is 28.8 Å². The van der Waals surface area contributed by atoms with E-state index in [4.69, 9.17) is 16.3 Å². The second-order valence-electron chi connectivity index (χ2n) is 5.08. The van der Waals surface area contributed by atoms with Gasteiger partial charge in [-0.2, -0.15) is 5.10 Å². The van der Waals surface area contributed by atoms with Gasteiger partial charge in [0.15, 0.2) is 5.65 Å². The van der Waals surface area contributed by atoms with E-state index in [0.717, 1.165) is 11.1 Å². The maximum absolute atomic E-state index is 11.8. The SMILES string of the molecule is COCCNC(=O)CSc1ncnc2c1cnn2-c1ccc(Cl)cc1. The number of nitrogens with one attached hydrogen (secondary N) is 1. The zero-order chi connectivity index (χ0) is 17.6. The summed E-state index contributed by atoms with van der Waals surface area (Å²) in [7, 11) is 1.59. The molecule has 1 aromatic carbocycles. The Morgan fingerprint density at radius 1 is 1.32 bits per heavy atom. The first-order chi connectivity index (χ1) is 12.2. The Kier molecular flexibility index (Phi) is 5.85. The fourth-order valence-corrected chi connectivity index (χ4v) is 3.10. The largest absolute Gasteiger partial charge is 0.383 e. The van der Waals surface area contributed by atoms with E-state index in [1.54, 1.807) is 30.1 Å². The van der Waals surface area contributed by atoms with E-state index in [2.05, 4.69) is 20.4 Å². The number of fused-ring (bicyclic) bond motifs is 1. The minimum Gasteiger partial charge on any atom is -0.383 e. The Labute approximate surface area is 153 Å². The molecule has 0 aliphatic carbocycles. The molecule has 130 valence electrons. The van der Waals surface area contributed by atoms with Crippen LogP contribution in [0.25, 0.3) is 16.7 Å². The van der Waals surface area contributed by atoms with Gasteiger partial charge in [-0.05, 0) is 24.3 Å². The van der Waals surface area contributed by atoms with Crippen molar-refractivity contribution in [1.82, 2.24) is 25.1 Å². The van der Waals surface area contributed by atoms with Crippen LogP contribution < -0.4 is 5.32 Å². The second kappa shape index (κ2) is 8.28. The highest BCUT2D eigenvalue weighted by Gasteiger charge is 2.13. The average molecular weight is 378 g/mol. The van der Waals surface area contributed by atoms with Crippen LogP contribution in [0.3, 0.4) is 0 Å². The smallest absolute Gasteiger partial charge is 0.230 e. The van der Waals surface area contributed by atoms with Crippen molar-refractivity contribution in [3.05, 3.63) is 41.8 Å². The number of hydrogen-bond donors (Lipinski definition) is 1. The molecule has 0 aliphatic heterocycles. The summed E-state index contributed by atoms with van der Waals surface area (Å²) in [6.07, 6.45) is 3.18. The molecule has 7 nitrogen and oxygen atoms in total. The molecular weight excluding hydrogens is 362 g/mol. The standard InChI is InChI=1S/C16H16ClN5O2S/c1-24-7-6-18-14(23)9-25-16-13-8-21-22(15(13)19-10-20-16)12-4-2-11(17)3-5-12/h2-5,8,10H,6-7,9H2,1H3,(H,18,23). The Hall–Kier alpha value is -2.16. The molecule has 25 heavy (non-hydrogen) atoms. The van der Waals surface area contributed by atoms with Gasteiger partial charge in [-0.25, -0.2) is 14.6 Å². The highest BCUT2D eigenvalue weighted by molar-refractivity contribution is 8.00. The summed E-state index contributed by atoms with van der Waals surface area (Å²) in [5.74, 6) is 0.195. The molecule has 2 heterocycles. The number of methoxy groups -OCH3 is 1. The highest BCUT2D eigenvalue weighted by atomic mass is 35.5. The molecule has 0 atom stereocenters.